The maximum atomic E-state index is 14.0. The van der Waals surface area contributed by atoms with Crippen molar-refractivity contribution in [3.05, 3.63) is 54.3 Å². The average Bonchev–Trinajstić information content (AvgIpc) is 3.16. The highest BCUT2D eigenvalue weighted by Crippen LogP contribution is 2.25. The van der Waals surface area contributed by atoms with Crippen LogP contribution in [0.2, 0.25) is 0 Å². The molecule has 1 fully saturated rings. The number of nitrogens with zero attached hydrogens (tertiary/aromatic N) is 1. The van der Waals surface area contributed by atoms with Crippen molar-refractivity contribution in [3.8, 4) is 5.75 Å². The van der Waals surface area contributed by atoms with Gasteiger partial charge in [-0.1, -0.05) is 18.2 Å². The fraction of sp³-hybridized carbons (Fsp3) is 0.350. The third-order valence-corrected chi connectivity index (χ3v) is 4.26. The number of halogens is 1. The van der Waals surface area contributed by atoms with Gasteiger partial charge in [-0.2, -0.15) is 0 Å². The summed E-state index contributed by atoms with van der Waals surface area (Å²) in [5.41, 5.74) is 1.21. The van der Waals surface area contributed by atoms with Gasteiger partial charge in [-0.3, -0.25) is 4.79 Å². The Kier molecular flexibility index (Phi) is 5.88. The topological polar surface area (TPSA) is 41.6 Å². The first-order chi connectivity index (χ1) is 12.2. The maximum Gasteiger partial charge on any atom is 0.224 e. The van der Waals surface area contributed by atoms with Crippen molar-refractivity contribution in [3.63, 3.8) is 0 Å². The van der Waals surface area contributed by atoms with Crippen LogP contribution in [0.3, 0.4) is 0 Å². The monoisotopic (exact) mass is 342 g/mol. The van der Waals surface area contributed by atoms with Gasteiger partial charge in [-0.05, 0) is 49.6 Å². The molecular formula is C20H23FN2O2. The second kappa shape index (κ2) is 8.51. The van der Waals surface area contributed by atoms with Gasteiger partial charge in [-0.15, -0.1) is 0 Å². The molecule has 1 saturated heterocycles. The minimum atomic E-state index is -0.406. The number of benzene rings is 2. The summed E-state index contributed by atoms with van der Waals surface area (Å²) in [4.78, 5) is 14.3. The molecule has 2 aromatic carbocycles. The number of anilines is 2. The lowest BCUT2D eigenvalue weighted by Gasteiger charge is -2.19. The van der Waals surface area contributed by atoms with E-state index in [1.165, 1.54) is 6.07 Å². The highest BCUT2D eigenvalue weighted by molar-refractivity contribution is 5.91. The zero-order chi connectivity index (χ0) is 17.5. The molecule has 1 aliphatic rings. The second-order valence-corrected chi connectivity index (χ2v) is 6.17. The van der Waals surface area contributed by atoms with Crippen LogP contribution < -0.4 is 15.0 Å². The minimum Gasteiger partial charge on any atom is -0.494 e. The number of para-hydroxylation sites is 1. The fourth-order valence-corrected chi connectivity index (χ4v) is 2.93. The van der Waals surface area contributed by atoms with Crippen LogP contribution in [0.5, 0.6) is 5.75 Å². The number of ether oxygens (including phenoxy) is 1. The summed E-state index contributed by atoms with van der Waals surface area (Å²) in [5.74, 6) is 0.179. The maximum absolute atomic E-state index is 14.0. The first-order valence-electron chi connectivity index (χ1n) is 8.74. The van der Waals surface area contributed by atoms with E-state index < -0.39 is 5.82 Å². The SMILES string of the molecule is O=C(CCCOc1ccccc1)Nc1cc(N2CCCC2)ccc1F. The van der Waals surface area contributed by atoms with E-state index in [9.17, 15) is 9.18 Å². The van der Waals surface area contributed by atoms with Crippen molar-refractivity contribution < 1.29 is 13.9 Å². The number of hydrogen-bond acceptors (Lipinski definition) is 3. The Morgan fingerprint density at radius 2 is 1.88 bits per heavy atom. The summed E-state index contributed by atoms with van der Waals surface area (Å²) in [7, 11) is 0. The number of carbonyl (C=O) groups is 1. The van der Waals surface area contributed by atoms with Crippen molar-refractivity contribution in [2.75, 3.05) is 29.9 Å². The molecule has 1 heterocycles. The van der Waals surface area contributed by atoms with E-state index in [1.807, 2.05) is 30.3 Å². The van der Waals surface area contributed by atoms with Gasteiger partial charge in [0, 0.05) is 25.2 Å². The Balaban J connectivity index is 1.48. The summed E-state index contributed by atoms with van der Waals surface area (Å²) >= 11 is 0. The predicted octanol–water partition coefficient (Wildman–Crippen LogP) is 4.22. The Bertz CT molecular complexity index is 700. The van der Waals surface area contributed by atoms with Gasteiger partial charge in [0.05, 0.1) is 12.3 Å². The van der Waals surface area contributed by atoms with Gasteiger partial charge in [0.1, 0.15) is 11.6 Å². The highest BCUT2D eigenvalue weighted by Gasteiger charge is 2.15. The van der Waals surface area contributed by atoms with Crippen LogP contribution in [0.4, 0.5) is 15.8 Å². The second-order valence-electron chi connectivity index (χ2n) is 6.17. The van der Waals surface area contributed by atoms with Crippen molar-refractivity contribution in [1.82, 2.24) is 0 Å². The van der Waals surface area contributed by atoms with Crippen molar-refractivity contribution in [2.45, 2.75) is 25.7 Å². The number of hydrogen-bond donors (Lipinski definition) is 1. The summed E-state index contributed by atoms with van der Waals surface area (Å²) in [5, 5.41) is 2.68. The molecule has 0 spiro atoms. The molecule has 5 heteroatoms. The molecular weight excluding hydrogens is 319 g/mol. The third kappa shape index (κ3) is 4.95. The van der Waals surface area contributed by atoms with Gasteiger partial charge in [-0.25, -0.2) is 4.39 Å². The van der Waals surface area contributed by atoms with E-state index >= 15 is 0 Å². The molecule has 1 amide bonds. The highest BCUT2D eigenvalue weighted by atomic mass is 19.1. The van der Waals surface area contributed by atoms with Gasteiger partial charge < -0.3 is 15.0 Å². The lowest BCUT2D eigenvalue weighted by Crippen LogP contribution is -2.19. The van der Waals surface area contributed by atoms with Gasteiger partial charge in [0.2, 0.25) is 5.91 Å². The molecule has 0 atom stereocenters. The Hall–Kier alpha value is -2.56. The fourth-order valence-electron chi connectivity index (χ4n) is 2.93. The van der Waals surface area contributed by atoms with Crippen LogP contribution >= 0.6 is 0 Å². The Morgan fingerprint density at radius 3 is 2.64 bits per heavy atom. The smallest absolute Gasteiger partial charge is 0.224 e. The van der Waals surface area contributed by atoms with Crippen LogP contribution in [0.25, 0.3) is 0 Å². The first-order valence-corrected chi connectivity index (χ1v) is 8.74. The van der Waals surface area contributed by atoms with Gasteiger partial charge in [0.25, 0.3) is 0 Å². The van der Waals surface area contributed by atoms with E-state index in [2.05, 4.69) is 10.2 Å². The number of amides is 1. The van der Waals surface area contributed by atoms with Crippen LogP contribution in [0.15, 0.2) is 48.5 Å². The Morgan fingerprint density at radius 1 is 1.12 bits per heavy atom. The number of nitrogens with one attached hydrogen (secondary N) is 1. The zero-order valence-electron chi connectivity index (χ0n) is 14.2. The molecule has 132 valence electrons. The van der Waals surface area contributed by atoms with E-state index in [0.29, 0.717) is 19.4 Å². The third-order valence-electron chi connectivity index (χ3n) is 4.26. The summed E-state index contributed by atoms with van der Waals surface area (Å²) in [6, 6.07) is 14.4. The zero-order valence-corrected chi connectivity index (χ0v) is 14.2. The van der Waals surface area contributed by atoms with E-state index in [0.717, 1.165) is 37.4 Å². The first kappa shape index (κ1) is 17.3. The number of rotatable bonds is 7. The largest absolute Gasteiger partial charge is 0.494 e. The molecule has 0 bridgehead atoms. The summed E-state index contributed by atoms with van der Waals surface area (Å²) < 4.78 is 19.5. The van der Waals surface area contributed by atoms with Gasteiger partial charge in [0.15, 0.2) is 0 Å². The van der Waals surface area contributed by atoms with Crippen LogP contribution in [-0.2, 0) is 4.79 Å². The molecule has 0 saturated carbocycles. The van der Waals surface area contributed by atoms with E-state index in [1.54, 1.807) is 12.1 Å². The van der Waals surface area contributed by atoms with Crippen molar-refractivity contribution in [1.29, 1.82) is 0 Å². The predicted molar refractivity (Wildman–Crippen MR) is 97.6 cm³/mol. The molecule has 25 heavy (non-hydrogen) atoms. The number of carbonyl (C=O) groups excluding carboxylic acids is 1. The van der Waals surface area contributed by atoms with Crippen LogP contribution in [0, 0.1) is 5.82 Å². The van der Waals surface area contributed by atoms with E-state index in [-0.39, 0.29) is 11.6 Å². The standard InChI is InChI=1S/C20H23FN2O2/c21-18-11-10-16(23-12-4-5-13-23)15-19(18)22-20(24)9-6-14-25-17-7-2-1-3-8-17/h1-3,7-8,10-11,15H,4-6,9,12-14H2,(H,22,24). The molecule has 3 rings (SSSR count). The van der Waals surface area contributed by atoms with Crippen LogP contribution in [0.1, 0.15) is 25.7 Å². The molecule has 0 radical (unpaired) electrons. The Labute approximate surface area is 147 Å². The molecule has 0 unspecified atom stereocenters. The molecule has 2 aromatic rings. The summed E-state index contributed by atoms with van der Waals surface area (Å²) in [6.07, 6.45) is 3.18. The van der Waals surface area contributed by atoms with Crippen LogP contribution in [-0.4, -0.2) is 25.6 Å². The van der Waals surface area contributed by atoms with Crippen molar-refractivity contribution >= 4 is 17.3 Å². The lowest BCUT2D eigenvalue weighted by atomic mass is 10.2. The summed E-state index contributed by atoms with van der Waals surface area (Å²) in [6.45, 7) is 2.42. The van der Waals surface area contributed by atoms with Crippen molar-refractivity contribution in [2.24, 2.45) is 0 Å². The normalized spacial score (nSPS) is 13.7. The van der Waals surface area contributed by atoms with E-state index in [4.69, 9.17) is 4.74 Å². The minimum absolute atomic E-state index is 0.200. The molecule has 1 aliphatic heterocycles. The average molecular weight is 342 g/mol. The quantitative estimate of drug-likeness (QED) is 0.766. The molecule has 0 aromatic heterocycles. The lowest BCUT2D eigenvalue weighted by molar-refractivity contribution is -0.116. The van der Waals surface area contributed by atoms with Gasteiger partial charge >= 0.3 is 0 Å². The molecule has 4 nitrogen and oxygen atoms in total. The molecule has 1 N–H and O–H groups in total. The molecule has 0 aliphatic carbocycles.